The Bertz CT molecular complexity index is 601. The van der Waals surface area contributed by atoms with E-state index in [4.69, 9.17) is 11.6 Å². The Hall–Kier alpha value is -1.14. The van der Waals surface area contributed by atoms with E-state index in [-0.39, 0.29) is 5.91 Å². The van der Waals surface area contributed by atoms with Gasteiger partial charge >= 0.3 is 0 Å². The summed E-state index contributed by atoms with van der Waals surface area (Å²) in [5, 5.41) is 3.38. The largest absolute Gasteiger partial charge is 0.322 e. The Balaban J connectivity index is 2.19. The second-order valence-electron chi connectivity index (χ2n) is 3.77. The quantitative estimate of drug-likeness (QED) is 0.813. The van der Waals surface area contributed by atoms with Gasteiger partial charge in [0.15, 0.2) is 0 Å². The van der Waals surface area contributed by atoms with E-state index in [1.54, 1.807) is 24.4 Å². The third-order valence-electron chi connectivity index (χ3n) is 2.34. The molecule has 3 nitrogen and oxygen atoms in total. The Morgan fingerprint density at radius 1 is 1.33 bits per heavy atom. The highest BCUT2D eigenvalue weighted by Crippen LogP contribution is 2.20. The van der Waals surface area contributed by atoms with Crippen LogP contribution in [0.25, 0.3) is 0 Å². The second kappa shape index (κ2) is 5.67. The summed E-state index contributed by atoms with van der Waals surface area (Å²) in [4.78, 5) is 16.1. The van der Waals surface area contributed by atoms with Gasteiger partial charge in [0.05, 0.1) is 5.02 Å². The van der Waals surface area contributed by atoms with E-state index in [9.17, 15) is 4.79 Å². The second-order valence-corrected chi connectivity index (χ2v) is 5.34. The lowest BCUT2D eigenvalue weighted by atomic mass is 10.2. The lowest BCUT2D eigenvalue weighted by molar-refractivity contribution is 0.102. The molecular formula is C13H10ClIN2O. The van der Waals surface area contributed by atoms with Gasteiger partial charge in [0, 0.05) is 26.7 Å². The summed E-state index contributed by atoms with van der Waals surface area (Å²) in [6.45, 7) is 1.87. The van der Waals surface area contributed by atoms with Crippen molar-refractivity contribution in [2.75, 3.05) is 5.32 Å². The predicted octanol–water partition coefficient (Wildman–Crippen LogP) is 3.90. The number of rotatable bonds is 2. The molecule has 2 aromatic rings. The van der Waals surface area contributed by atoms with Gasteiger partial charge in [0.1, 0.15) is 0 Å². The summed E-state index contributed by atoms with van der Waals surface area (Å²) in [5.74, 6) is -0.182. The van der Waals surface area contributed by atoms with E-state index in [0.29, 0.717) is 10.6 Å². The van der Waals surface area contributed by atoms with Crippen LogP contribution in [0.1, 0.15) is 16.1 Å². The number of pyridine rings is 1. The molecule has 0 atom stereocenters. The van der Waals surface area contributed by atoms with Crippen molar-refractivity contribution in [3.8, 4) is 0 Å². The molecule has 0 unspecified atom stereocenters. The monoisotopic (exact) mass is 372 g/mol. The first kappa shape index (κ1) is 13.3. The minimum atomic E-state index is -0.182. The third kappa shape index (κ3) is 3.20. The van der Waals surface area contributed by atoms with Gasteiger partial charge in [0.2, 0.25) is 0 Å². The molecule has 0 saturated heterocycles. The van der Waals surface area contributed by atoms with E-state index in [2.05, 4.69) is 32.9 Å². The molecule has 18 heavy (non-hydrogen) atoms. The number of halogens is 2. The topological polar surface area (TPSA) is 42.0 Å². The van der Waals surface area contributed by atoms with Crippen molar-refractivity contribution in [1.29, 1.82) is 0 Å². The van der Waals surface area contributed by atoms with Crippen molar-refractivity contribution < 1.29 is 4.79 Å². The van der Waals surface area contributed by atoms with Gasteiger partial charge in [-0.2, -0.15) is 0 Å². The minimum Gasteiger partial charge on any atom is -0.322 e. The first-order chi connectivity index (χ1) is 8.56. The van der Waals surface area contributed by atoms with Gasteiger partial charge in [-0.25, -0.2) is 0 Å². The van der Waals surface area contributed by atoms with Crippen LogP contribution in [0.4, 0.5) is 5.69 Å². The molecule has 0 aliphatic heterocycles. The maximum Gasteiger partial charge on any atom is 0.255 e. The van der Waals surface area contributed by atoms with Crippen LogP contribution in [0.3, 0.4) is 0 Å². The van der Waals surface area contributed by atoms with Crippen molar-refractivity contribution >= 4 is 45.8 Å². The van der Waals surface area contributed by atoms with Crippen LogP contribution in [0.15, 0.2) is 36.5 Å². The van der Waals surface area contributed by atoms with Crippen LogP contribution < -0.4 is 5.32 Å². The first-order valence-corrected chi connectivity index (χ1v) is 6.71. The highest BCUT2D eigenvalue weighted by molar-refractivity contribution is 14.1. The molecule has 0 saturated carbocycles. The summed E-state index contributed by atoms with van der Waals surface area (Å²) in [6, 6.07) is 8.78. The number of nitrogens with one attached hydrogen (secondary N) is 1. The van der Waals surface area contributed by atoms with Crippen LogP contribution in [0, 0.1) is 10.5 Å². The van der Waals surface area contributed by atoms with E-state index < -0.39 is 0 Å². The molecule has 0 aliphatic carbocycles. The molecule has 0 radical (unpaired) electrons. The molecule has 1 heterocycles. The summed E-state index contributed by atoms with van der Waals surface area (Å²) in [5.41, 5.74) is 2.12. The smallest absolute Gasteiger partial charge is 0.255 e. The molecule has 1 amide bonds. The fourth-order valence-electron chi connectivity index (χ4n) is 1.46. The molecule has 0 bridgehead atoms. The van der Waals surface area contributed by atoms with Gasteiger partial charge in [-0.3, -0.25) is 9.78 Å². The minimum absolute atomic E-state index is 0.182. The number of aryl methyl sites for hydroxylation is 1. The molecule has 1 aromatic heterocycles. The highest BCUT2D eigenvalue weighted by atomic mass is 127. The number of aromatic nitrogens is 1. The lowest BCUT2D eigenvalue weighted by Crippen LogP contribution is -2.12. The molecule has 2 rings (SSSR count). The normalized spacial score (nSPS) is 10.2. The third-order valence-corrected chi connectivity index (χ3v) is 3.91. The van der Waals surface area contributed by atoms with Crippen molar-refractivity contribution in [2.45, 2.75) is 6.92 Å². The Labute approximate surface area is 124 Å². The van der Waals surface area contributed by atoms with Crippen LogP contribution >= 0.6 is 34.2 Å². The van der Waals surface area contributed by atoms with Gasteiger partial charge in [-0.1, -0.05) is 11.6 Å². The SMILES string of the molecule is Cc1cc(NC(=O)c2ccc(I)c(Cl)c2)ccn1. The van der Waals surface area contributed by atoms with Crippen molar-refractivity contribution in [3.05, 3.63) is 56.4 Å². The average Bonchev–Trinajstić information content (AvgIpc) is 2.32. The number of amides is 1. The number of benzene rings is 1. The zero-order chi connectivity index (χ0) is 13.1. The zero-order valence-corrected chi connectivity index (χ0v) is 12.5. The fourth-order valence-corrected chi connectivity index (χ4v) is 1.98. The molecular weight excluding hydrogens is 363 g/mol. The van der Waals surface area contributed by atoms with Crippen LogP contribution in [-0.2, 0) is 0 Å². The number of carbonyl (C=O) groups excluding carboxylic acids is 1. The number of carbonyl (C=O) groups is 1. The Morgan fingerprint density at radius 2 is 2.11 bits per heavy atom. The van der Waals surface area contributed by atoms with E-state index in [1.165, 1.54) is 0 Å². The summed E-state index contributed by atoms with van der Waals surface area (Å²) < 4.78 is 0.922. The van der Waals surface area contributed by atoms with Crippen LogP contribution in [0.5, 0.6) is 0 Å². The van der Waals surface area contributed by atoms with E-state index in [1.807, 2.05) is 19.1 Å². The predicted molar refractivity (Wildman–Crippen MR) is 81.1 cm³/mol. The Morgan fingerprint density at radius 3 is 2.78 bits per heavy atom. The average molecular weight is 373 g/mol. The lowest BCUT2D eigenvalue weighted by Gasteiger charge is -2.06. The number of anilines is 1. The molecule has 5 heteroatoms. The van der Waals surface area contributed by atoms with Gasteiger partial charge in [-0.05, 0) is 59.8 Å². The van der Waals surface area contributed by atoms with E-state index in [0.717, 1.165) is 15.0 Å². The first-order valence-electron chi connectivity index (χ1n) is 5.25. The molecule has 1 N–H and O–H groups in total. The fraction of sp³-hybridized carbons (Fsp3) is 0.0769. The molecule has 0 spiro atoms. The molecule has 1 aromatic carbocycles. The summed E-state index contributed by atoms with van der Waals surface area (Å²) in [6.07, 6.45) is 1.66. The van der Waals surface area contributed by atoms with Crippen LogP contribution in [-0.4, -0.2) is 10.9 Å². The number of nitrogens with zero attached hydrogens (tertiary/aromatic N) is 1. The van der Waals surface area contributed by atoms with Crippen LogP contribution in [0.2, 0.25) is 5.02 Å². The maximum absolute atomic E-state index is 12.0. The van der Waals surface area contributed by atoms with Gasteiger partial charge in [-0.15, -0.1) is 0 Å². The molecule has 0 fully saturated rings. The van der Waals surface area contributed by atoms with Crippen molar-refractivity contribution in [1.82, 2.24) is 4.98 Å². The Kier molecular flexibility index (Phi) is 4.19. The summed E-state index contributed by atoms with van der Waals surface area (Å²) in [7, 11) is 0. The zero-order valence-electron chi connectivity index (χ0n) is 9.58. The highest BCUT2D eigenvalue weighted by Gasteiger charge is 2.08. The number of hydrogen-bond acceptors (Lipinski definition) is 2. The van der Waals surface area contributed by atoms with Gasteiger partial charge < -0.3 is 5.32 Å². The van der Waals surface area contributed by atoms with E-state index >= 15 is 0 Å². The molecule has 92 valence electrons. The van der Waals surface area contributed by atoms with Crippen molar-refractivity contribution in [2.24, 2.45) is 0 Å². The molecule has 0 aliphatic rings. The van der Waals surface area contributed by atoms with Gasteiger partial charge in [0.25, 0.3) is 5.91 Å². The maximum atomic E-state index is 12.0. The standard InChI is InChI=1S/C13H10ClIN2O/c1-8-6-10(4-5-16-8)17-13(18)9-2-3-12(15)11(14)7-9/h2-7H,1H3,(H,16,17,18). The summed E-state index contributed by atoms with van der Waals surface area (Å²) >= 11 is 8.11. The van der Waals surface area contributed by atoms with Crippen molar-refractivity contribution in [3.63, 3.8) is 0 Å². The number of hydrogen-bond donors (Lipinski definition) is 1.